The van der Waals surface area contributed by atoms with Crippen molar-refractivity contribution in [1.29, 1.82) is 0 Å². The summed E-state index contributed by atoms with van der Waals surface area (Å²) in [6.45, 7) is 3.67. The molecule has 0 aliphatic carbocycles. The van der Waals surface area contributed by atoms with Gasteiger partial charge in [-0.1, -0.05) is 64.7 Å². The fraction of sp³-hybridized carbons (Fsp3) is 0.955. The van der Waals surface area contributed by atoms with Crippen LogP contribution in [0.4, 0.5) is 4.79 Å². The van der Waals surface area contributed by atoms with Gasteiger partial charge in [-0.15, -0.1) is 0 Å². The number of aliphatic hydroxyl groups is 1. The van der Waals surface area contributed by atoms with Gasteiger partial charge in [0.05, 0.1) is 6.61 Å². The van der Waals surface area contributed by atoms with E-state index in [0.717, 1.165) is 25.8 Å². The molecule has 0 bridgehead atoms. The number of hydrogen-bond donors (Lipinski definition) is 1. The van der Waals surface area contributed by atoms with Crippen molar-refractivity contribution in [2.75, 3.05) is 33.9 Å². The minimum absolute atomic E-state index is 0.132. The summed E-state index contributed by atoms with van der Waals surface area (Å²) < 4.78 is 10.6. The van der Waals surface area contributed by atoms with Gasteiger partial charge >= 0.3 is 6.16 Å². The van der Waals surface area contributed by atoms with Gasteiger partial charge in [0.2, 0.25) is 0 Å². The Morgan fingerprint density at radius 2 is 1.41 bits per heavy atom. The summed E-state index contributed by atoms with van der Waals surface area (Å²) >= 11 is 0. The molecular formula is C22H45NO4. The third-order valence-corrected chi connectivity index (χ3v) is 4.80. The Morgan fingerprint density at radius 1 is 0.852 bits per heavy atom. The minimum atomic E-state index is -0.566. The monoisotopic (exact) mass is 387 g/mol. The predicted octanol–water partition coefficient (Wildman–Crippen LogP) is 5.54. The van der Waals surface area contributed by atoms with Crippen molar-refractivity contribution < 1.29 is 19.4 Å². The lowest BCUT2D eigenvalue weighted by atomic mass is 10.0. The summed E-state index contributed by atoms with van der Waals surface area (Å²) in [5, 5.41) is 9.04. The van der Waals surface area contributed by atoms with E-state index >= 15 is 0 Å². The first-order valence-electron chi connectivity index (χ1n) is 11.2. The highest BCUT2D eigenvalue weighted by Crippen LogP contribution is 2.16. The van der Waals surface area contributed by atoms with Gasteiger partial charge in [0.15, 0.2) is 0 Å². The van der Waals surface area contributed by atoms with E-state index in [0.29, 0.717) is 19.4 Å². The SMILES string of the molecule is CCCCCCCCCCCC[C@@H](CCCO)OC(=O)OCCCN(C)C. The molecule has 0 saturated carbocycles. The van der Waals surface area contributed by atoms with Gasteiger partial charge in [-0.25, -0.2) is 4.79 Å². The molecule has 0 fully saturated rings. The molecule has 0 rings (SSSR count). The maximum absolute atomic E-state index is 11.8. The molecule has 1 atom stereocenters. The second-order valence-corrected chi connectivity index (χ2v) is 7.83. The van der Waals surface area contributed by atoms with Gasteiger partial charge in [-0.3, -0.25) is 0 Å². The van der Waals surface area contributed by atoms with E-state index in [4.69, 9.17) is 14.6 Å². The van der Waals surface area contributed by atoms with Crippen LogP contribution in [0, 0.1) is 0 Å². The minimum Gasteiger partial charge on any atom is -0.434 e. The van der Waals surface area contributed by atoms with E-state index in [-0.39, 0.29) is 12.7 Å². The Labute approximate surface area is 167 Å². The molecule has 0 aromatic carbocycles. The van der Waals surface area contributed by atoms with Crippen LogP contribution in [-0.2, 0) is 9.47 Å². The lowest BCUT2D eigenvalue weighted by molar-refractivity contribution is 0.0138. The molecule has 0 aliphatic rings. The zero-order chi connectivity index (χ0) is 20.2. The topological polar surface area (TPSA) is 59.0 Å². The highest BCUT2D eigenvalue weighted by molar-refractivity contribution is 5.60. The van der Waals surface area contributed by atoms with Gasteiger partial charge in [-0.2, -0.15) is 0 Å². The van der Waals surface area contributed by atoms with E-state index in [1.54, 1.807) is 0 Å². The molecule has 1 N–H and O–H groups in total. The smallest absolute Gasteiger partial charge is 0.434 e. The standard InChI is InChI=1S/C22H45NO4/c1-4-5-6-7-8-9-10-11-12-13-16-21(17-14-19-24)27-22(25)26-20-15-18-23(2)3/h21,24H,4-20H2,1-3H3/t21-/m0/s1. The third kappa shape index (κ3) is 19.7. The molecule has 0 unspecified atom stereocenters. The van der Waals surface area contributed by atoms with Gasteiger partial charge in [0, 0.05) is 13.2 Å². The second-order valence-electron chi connectivity index (χ2n) is 7.83. The van der Waals surface area contributed by atoms with Crippen molar-refractivity contribution in [3.63, 3.8) is 0 Å². The number of carbonyl (C=O) groups excluding carboxylic acids is 1. The Bertz CT molecular complexity index is 323. The maximum atomic E-state index is 11.8. The normalized spacial score (nSPS) is 12.3. The number of carbonyl (C=O) groups is 1. The highest BCUT2D eigenvalue weighted by Gasteiger charge is 2.15. The van der Waals surface area contributed by atoms with Crippen LogP contribution in [0.3, 0.4) is 0 Å². The van der Waals surface area contributed by atoms with Crippen LogP contribution >= 0.6 is 0 Å². The summed E-state index contributed by atoms with van der Waals surface area (Å²) in [6, 6.07) is 0. The largest absolute Gasteiger partial charge is 0.508 e. The van der Waals surface area contributed by atoms with E-state index in [1.807, 2.05) is 14.1 Å². The second kappa shape index (κ2) is 19.9. The van der Waals surface area contributed by atoms with Crippen LogP contribution in [-0.4, -0.2) is 56.1 Å². The first-order valence-corrected chi connectivity index (χ1v) is 11.2. The van der Waals surface area contributed by atoms with Crippen molar-refractivity contribution >= 4 is 6.16 Å². The van der Waals surface area contributed by atoms with Gasteiger partial charge in [0.1, 0.15) is 6.10 Å². The number of nitrogens with zero attached hydrogens (tertiary/aromatic N) is 1. The average Bonchev–Trinajstić information content (AvgIpc) is 2.64. The van der Waals surface area contributed by atoms with Gasteiger partial charge in [0.25, 0.3) is 0 Å². The molecule has 0 aromatic rings. The first-order chi connectivity index (χ1) is 13.1. The van der Waals surface area contributed by atoms with E-state index in [9.17, 15) is 4.79 Å². The molecule has 5 heteroatoms. The zero-order valence-electron chi connectivity index (χ0n) is 18.2. The van der Waals surface area contributed by atoms with E-state index in [1.165, 1.54) is 57.8 Å². The van der Waals surface area contributed by atoms with Crippen molar-refractivity contribution in [2.45, 2.75) is 103 Å². The number of ether oxygens (including phenoxy) is 2. The van der Waals surface area contributed by atoms with Crippen molar-refractivity contribution in [3.8, 4) is 0 Å². The zero-order valence-corrected chi connectivity index (χ0v) is 18.2. The van der Waals surface area contributed by atoms with Gasteiger partial charge < -0.3 is 19.5 Å². The molecule has 27 heavy (non-hydrogen) atoms. The van der Waals surface area contributed by atoms with Crippen LogP contribution in [0.2, 0.25) is 0 Å². The molecule has 0 amide bonds. The highest BCUT2D eigenvalue weighted by atomic mass is 16.7. The number of aliphatic hydroxyl groups excluding tert-OH is 1. The molecule has 0 saturated heterocycles. The summed E-state index contributed by atoms with van der Waals surface area (Å²) in [6.07, 6.45) is 15.3. The molecule has 0 aliphatic heterocycles. The molecule has 162 valence electrons. The summed E-state index contributed by atoms with van der Waals surface area (Å²) in [5.74, 6) is 0. The molecule has 0 aromatic heterocycles. The van der Waals surface area contributed by atoms with Crippen molar-refractivity contribution in [1.82, 2.24) is 4.90 Å². The Balaban J connectivity index is 3.75. The summed E-state index contributed by atoms with van der Waals surface area (Å²) in [4.78, 5) is 13.9. The Morgan fingerprint density at radius 3 is 1.96 bits per heavy atom. The fourth-order valence-corrected chi connectivity index (χ4v) is 3.15. The molecule has 0 spiro atoms. The van der Waals surface area contributed by atoms with Crippen LogP contribution in [0.1, 0.15) is 96.8 Å². The lowest BCUT2D eigenvalue weighted by Crippen LogP contribution is -2.21. The Hall–Kier alpha value is -0.810. The predicted molar refractivity (Wildman–Crippen MR) is 112 cm³/mol. The third-order valence-electron chi connectivity index (χ3n) is 4.80. The number of rotatable bonds is 19. The Kier molecular flexibility index (Phi) is 19.3. The van der Waals surface area contributed by atoms with E-state index < -0.39 is 6.16 Å². The van der Waals surface area contributed by atoms with Gasteiger partial charge in [-0.05, 0) is 46.2 Å². The van der Waals surface area contributed by atoms with Crippen molar-refractivity contribution in [3.05, 3.63) is 0 Å². The average molecular weight is 388 g/mol. The molecule has 0 radical (unpaired) electrons. The van der Waals surface area contributed by atoms with Crippen molar-refractivity contribution in [2.24, 2.45) is 0 Å². The van der Waals surface area contributed by atoms with Crippen LogP contribution in [0.5, 0.6) is 0 Å². The number of hydrogen-bond acceptors (Lipinski definition) is 5. The summed E-state index contributed by atoms with van der Waals surface area (Å²) in [5.41, 5.74) is 0. The van der Waals surface area contributed by atoms with Crippen LogP contribution < -0.4 is 0 Å². The quantitative estimate of drug-likeness (QED) is 0.233. The summed E-state index contributed by atoms with van der Waals surface area (Å²) in [7, 11) is 3.99. The first kappa shape index (κ1) is 26.2. The fourth-order valence-electron chi connectivity index (χ4n) is 3.15. The number of unbranched alkanes of at least 4 members (excludes halogenated alkanes) is 9. The van der Waals surface area contributed by atoms with Crippen LogP contribution in [0.15, 0.2) is 0 Å². The molecule has 0 heterocycles. The van der Waals surface area contributed by atoms with E-state index in [2.05, 4.69) is 11.8 Å². The molecule has 5 nitrogen and oxygen atoms in total. The van der Waals surface area contributed by atoms with Crippen LogP contribution in [0.25, 0.3) is 0 Å². The molecular weight excluding hydrogens is 342 g/mol. The maximum Gasteiger partial charge on any atom is 0.508 e. The lowest BCUT2D eigenvalue weighted by Gasteiger charge is -2.17.